The lowest BCUT2D eigenvalue weighted by atomic mass is 10.2. The van der Waals surface area contributed by atoms with Crippen molar-refractivity contribution in [3.05, 3.63) is 29.8 Å². The predicted molar refractivity (Wildman–Crippen MR) is 55.5 cm³/mol. The Kier molecular flexibility index (Phi) is 3.08. The molecule has 1 N–H and O–H groups in total. The maximum Gasteiger partial charge on any atom is 0.249 e. The quantitative estimate of drug-likeness (QED) is 0.666. The first-order valence-electron chi connectivity index (χ1n) is 3.25. The van der Waals surface area contributed by atoms with Gasteiger partial charge in [-0.25, -0.2) is 8.42 Å². The van der Waals surface area contributed by atoms with Crippen molar-refractivity contribution in [1.82, 2.24) is 2.94 Å². The standard InChI is InChI=1S/C7H8INO2S/c1-6-3-2-4-7(5-6)12(10,11)9-8/h2-5,9H,1H3. The van der Waals surface area contributed by atoms with E-state index in [1.165, 1.54) is 0 Å². The van der Waals surface area contributed by atoms with Crippen molar-refractivity contribution in [2.24, 2.45) is 0 Å². The average molecular weight is 297 g/mol. The Balaban J connectivity index is 3.21. The van der Waals surface area contributed by atoms with E-state index in [9.17, 15) is 8.42 Å². The van der Waals surface area contributed by atoms with Crippen molar-refractivity contribution in [3.8, 4) is 0 Å². The molecule has 0 aliphatic rings. The first kappa shape index (κ1) is 9.94. The molecule has 1 aromatic carbocycles. The highest BCUT2D eigenvalue weighted by atomic mass is 127. The third-order valence-corrected chi connectivity index (χ3v) is 4.22. The lowest BCUT2D eigenvalue weighted by Gasteiger charge is -2.00. The number of sulfonamides is 1. The maximum atomic E-state index is 11.2. The van der Waals surface area contributed by atoms with Crippen LogP contribution in [0.3, 0.4) is 0 Å². The van der Waals surface area contributed by atoms with Crippen LogP contribution in [0.15, 0.2) is 29.2 Å². The molecule has 0 aromatic heterocycles. The van der Waals surface area contributed by atoms with Gasteiger partial charge in [0.1, 0.15) is 0 Å². The van der Waals surface area contributed by atoms with Gasteiger partial charge in [-0.3, -0.25) is 0 Å². The zero-order valence-corrected chi connectivity index (χ0v) is 9.39. The molecule has 1 aromatic rings. The Labute approximate surface area is 85.7 Å². The Morgan fingerprint density at radius 3 is 2.58 bits per heavy atom. The average Bonchev–Trinajstić information content (AvgIpc) is 2.05. The molecular weight excluding hydrogens is 289 g/mol. The molecule has 12 heavy (non-hydrogen) atoms. The van der Waals surface area contributed by atoms with Crippen molar-refractivity contribution in [2.45, 2.75) is 11.8 Å². The summed E-state index contributed by atoms with van der Waals surface area (Å²) in [5, 5.41) is 0. The van der Waals surface area contributed by atoms with Gasteiger partial charge in [0.15, 0.2) is 0 Å². The fourth-order valence-corrected chi connectivity index (χ4v) is 2.28. The number of rotatable bonds is 2. The number of nitrogens with one attached hydrogen (secondary N) is 1. The fraction of sp³-hybridized carbons (Fsp3) is 0.143. The Hall–Kier alpha value is -0.140. The van der Waals surface area contributed by atoms with Gasteiger partial charge in [-0.15, -0.1) is 0 Å². The molecule has 66 valence electrons. The number of aryl methyl sites for hydroxylation is 1. The minimum atomic E-state index is -3.28. The number of halogens is 1. The molecule has 3 nitrogen and oxygen atoms in total. The summed E-state index contributed by atoms with van der Waals surface area (Å²) < 4.78 is 24.7. The second-order valence-corrected chi connectivity index (χ2v) is 5.35. The van der Waals surface area contributed by atoms with Gasteiger partial charge in [0.2, 0.25) is 10.0 Å². The minimum Gasteiger partial charge on any atom is -0.206 e. The zero-order valence-electron chi connectivity index (χ0n) is 6.41. The van der Waals surface area contributed by atoms with Gasteiger partial charge >= 0.3 is 0 Å². The Bertz CT molecular complexity index is 375. The lowest BCUT2D eigenvalue weighted by Crippen LogP contribution is -2.12. The second-order valence-electron chi connectivity index (χ2n) is 2.40. The Morgan fingerprint density at radius 2 is 2.08 bits per heavy atom. The Morgan fingerprint density at radius 1 is 1.42 bits per heavy atom. The van der Waals surface area contributed by atoms with Crippen molar-refractivity contribution >= 4 is 32.9 Å². The smallest absolute Gasteiger partial charge is 0.206 e. The summed E-state index contributed by atoms with van der Waals surface area (Å²) in [6, 6.07) is 6.76. The fourth-order valence-electron chi connectivity index (χ4n) is 0.827. The highest BCUT2D eigenvalue weighted by molar-refractivity contribution is 14.1. The topological polar surface area (TPSA) is 46.2 Å². The van der Waals surface area contributed by atoms with Crippen molar-refractivity contribution in [1.29, 1.82) is 0 Å². The number of hydrogen-bond acceptors (Lipinski definition) is 2. The molecule has 0 fully saturated rings. The van der Waals surface area contributed by atoms with Crippen LogP contribution in [-0.2, 0) is 10.0 Å². The third-order valence-electron chi connectivity index (χ3n) is 1.40. The van der Waals surface area contributed by atoms with E-state index in [1.54, 1.807) is 41.1 Å². The molecule has 0 atom stereocenters. The van der Waals surface area contributed by atoms with Crippen LogP contribution in [-0.4, -0.2) is 8.42 Å². The largest absolute Gasteiger partial charge is 0.249 e. The van der Waals surface area contributed by atoms with E-state index in [0.29, 0.717) is 4.90 Å². The van der Waals surface area contributed by atoms with E-state index in [4.69, 9.17) is 0 Å². The van der Waals surface area contributed by atoms with Gasteiger partial charge in [0.05, 0.1) is 4.90 Å². The number of benzene rings is 1. The summed E-state index contributed by atoms with van der Waals surface area (Å²) in [5.41, 5.74) is 0.933. The number of hydrogen-bond donors (Lipinski definition) is 1. The van der Waals surface area contributed by atoms with Gasteiger partial charge < -0.3 is 0 Å². The van der Waals surface area contributed by atoms with Crippen LogP contribution in [0.4, 0.5) is 0 Å². The first-order chi connectivity index (χ1) is 5.56. The van der Waals surface area contributed by atoms with Gasteiger partial charge in [0, 0.05) is 22.9 Å². The molecule has 0 heterocycles. The van der Waals surface area contributed by atoms with Crippen molar-refractivity contribution < 1.29 is 8.42 Å². The van der Waals surface area contributed by atoms with Gasteiger partial charge in [-0.05, 0) is 24.6 Å². The molecule has 0 aliphatic carbocycles. The molecule has 0 amide bonds. The van der Waals surface area contributed by atoms with Crippen molar-refractivity contribution in [3.63, 3.8) is 0 Å². The van der Waals surface area contributed by atoms with Crippen molar-refractivity contribution in [2.75, 3.05) is 0 Å². The molecule has 0 saturated carbocycles. The lowest BCUT2D eigenvalue weighted by molar-refractivity contribution is 0.595. The maximum absolute atomic E-state index is 11.2. The molecule has 0 spiro atoms. The second kappa shape index (κ2) is 3.71. The van der Waals surface area contributed by atoms with Crippen LogP contribution in [0.1, 0.15) is 5.56 Å². The molecule has 1 rings (SSSR count). The zero-order chi connectivity index (χ0) is 9.19. The minimum absolute atomic E-state index is 0.303. The van der Waals surface area contributed by atoms with Crippen LogP contribution in [0.2, 0.25) is 0 Å². The van der Waals surface area contributed by atoms with E-state index in [2.05, 4.69) is 2.94 Å². The highest BCUT2D eigenvalue weighted by Gasteiger charge is 2.10. The summed E-state index contributed by atoms with van der Waals surface area (Å²) in [5.74, 6) is 0. The summed E-state index contributed by atoms with van der Waals surface area (Å²) in [6.07, 6.45) is 0. The van der Waals surface area contributed by atoms with E-state index in [1.807, 2.05) is 13.0 Å². The summed E-state index contributed by atoms with van der Waals surface area (Å²) >= 11 is 1.61. The van der Waals surface area contributed by atoms with Crippen LogP contribution < -0.4 is 2.94 Å². The molecule has 0 saturated heterocycles. The molecular formula is C7H8INO2S. The van der Waals surface area contributed by atoms with Crippen LogP contribution in [0, 0.1) is 6.92 Å². The first-order valence-corrected chi connectivity index (χ1v) is 5.81. The third kappa shape index (κ3) is 2.18. The molecule has 0 unspecified atom stereocenters. The van der Waals surface area contributed by atoms with Crippen LogP contribution in [0.25, 0.3) is 0 Å². The van der Waals surface area contributed by atoms with E-state index >= 15 is 0 Å². The summed E-state index contributed by atoms with van der Waals surface area (Å²) in [7, 11) is -3.28. The van der Waals surface area contributed by atoms with E-state index in [-0.39, 0.29) is 0 Å². The normalized spacial score (nSPS) is 11.5. The van der Waals surface area contributed by atoms with Gasteiger partial charge in [-0.1, -0.05) is 12.1 Å². The van der Waals surface area contributed by atoms with Gasteiger partial charge in [-0.2, -0.15) is 2.94 Å². The van der Waals surface area contributed by atoms with E-state index in [0.717, 1.165) is 5.56 Å². The van der Waals surface area contributed by atoms with Crippen LogP contribution >= 0.6 is 22.9 Å². The summed E-state index contributed by atoms with van der Waals surface area (Å²) in [4.78, 5) is 0.303. The monoisotopic (exact) mass is 297 g/mol. The van der Waals surface area contributed by atoms with Crippen LogP contribution in [0.5, 0.6) is 0 Å². The molecule has 0 radical (unpaired) electrons. The molecule has 0 bridgehead atoms. The summed E-state index contributed by atoms with van der Waals surface area (Å²) in [6.45, 7) is 1.85. The van der Waals surface area contributed by atoms with Gasteiger partial charge in [0.25, 0.3) is 0 Å². The SMILES string of the molecule is Cc1cccc(S(=O)(=O)NI)c1. The van der Waals surface area contributed by atoms with E-state index < -0.39 is 10.0 Å². The molecule has 0 aliphatic heterocycles. The molecule has 5 heteroatoms. The highest BCUT2D eigenvalue weighted by Crippen LogP contribution is 2.10. The predicted octanol–water partition coefficient (Wildman–Crippen LogP) is 1.62.